The van der Waals surface area contributed by atoms with Crippen molar-refractivity contribution in [2.24, 2.45) is 0 Å². The second kappa shape index (κ2) is 11.0. The Morgan fingerprint density at radius 1 is 1.11 bits per heavy atom. The summed E-state index contributed by atoms with van der Waals surface area (Å²) in [6.45, 7) is -0.328. The van der Waals surface area contributed by atoms with Crippen LogP contribution in [-0.2, 0) is 11.2 Å². The molecule has 2 aromatic heterocycles. The van der Waals surface area contributed by atoms with Gasteiger partial charge in [0.2, 0.25) is 0 Å². The van der Waals surface area contributed by atoms with Crippen molar-refractivity contribution in [1.82, 2.24) is 20.5 Å². The van der Waals surface area contributed by atoms with Crippen LogP contribution in [0.25, 0.3) is 22.5 Å². The van der Waals surface area contributed by atoms with E-state index in [1.165, 1.54) is 37.4 Å². The lowest BCUT2D eigenvalue weighted by atomic mass is 10.00. The van der Waals surface area contributed by atoms with Gasteiger partial charge in [0.05, 0.1) is 29.6 Å². The van der Waals surface area contributed by atoms with Crippen LogP contribution in [0.3, 0.4) is 0 Å². The van der Waals surface area contributed by atoms with Gasteiger partial charge in [0, 0.05) is 36.5 Å². The zero-order valence-electron chi connectivity index (χ0n) is 18.9. The van der Waals surface area contributed by atoms with Crippen LogP contribution in [0.4, 0.5) is 8.78 Å². The second-order valence-electron chi connectivity index (χ2n) is 7.90. The molecule has 3 N–H and O–H groups in total. The molecule has 2 heterocycles. The van der Waals surface area contributed by atoms with Crippen LogP contribution in [-0.4, -0.2) is 52.1 Å². The van der Waals surface area contributed by atoms with Crippen molar-refractivity contribution < 1.29 is 23.4 Å². The number of methoxy groups -OCH3 is 1. The minimum atomic E-state index is -0.699. The summed E-state index contributed by atoms with van der Waals surface area (Å²) in [5.74, 6) is -1.54. The van der Waals surface area contributed by atoms with Gasteiger partial charge >= 0.3 is 0 Å². The van der Waals surface area contributed by atoms with E-state index in [0.29, 0.717) is 29.1 Å². The molecule has 0 saturated heterocycles. The molecule has 2 atom stereocenters. The molecule has 1 amide bonds. The maximum atomic E-state index is 15.0. The van der Waals surface area contributed by atoms with Gasteiger partial charge in [-0.15, -0.1) is 0 Å². The Bertz CT molecular complexity index is 1280. The van der Waals surface area contributed by atoms with Gasteiger partial charge in [-0.25, -0.2) is 8.78 Å². The topological polar surface area (TPSA) is 100 Å². The molecule has 0 radical (unpaired) electrons. The van der Waals surface area contributed by atoms with Crippen molar-refractivity contribution in [3.8, 4) is 22.5 Å². The summed E-state index contributed by atoms with van der Waals surface area (Å²) < 4.78 is 33.6. The Balaban J connectivity index is 1.64. The molecule has 4 rings (SSSR count). The maximum absolute atomic E-state index is 15.0. The molecule has 180 valence electrons. The Morgan fingerprint density at radius 3 is 2.60 bits per heavy atom. The number of hydrogen-bond donors (Lipinski definition) is 3. The number of halogens is 2. The van der Waals surface area contributed by atoms with Crippen molar-refractivity contribution in [3.63, 3.8) is 0 Å². The number of rotatable bonds is 9. The van der Waals surface area contributed by atoms with Gasteiger partial charge < -0.3 is 15.2 Å². The quantitative estimate of drug-likeness (QED) is 0.340. The van der Waals surface area contributed by atoms with Gasteiger partial charge in [-0.3, -0.25) is 14.9 Å². The number of H-pyrrole nitrogens is 1. The smallest absolute Gasteiger partial charge is 0.252 e. The third kappa shape index (κ3) is 5.59. The Kier molecular flexibility index (Phi) is 7.59. The lowest BCUT2D eigenvalue weighted by molar-refractivity contribution is 0.0214. The highest BCUT2D eigenvalue weighted by atomic mass is 19.1. The monoisotopic (exact) mass is 478 g/mol. The van der Waals surface area contributed by atoms with Gasteiger partial charge in [0.25, 0.3) is 5.91 Å². The number of pyridine rings is 1. The number of benzene rings is 2. The summed E-state index contributed by atoms with van der Waals surface area (Å²) >= 11 is 0. The molecule has 4 aromatic rings. The average Bonchev–Trinajstić information content (AvgIpc) is 3.35. The maximum Gasteiger partial charge on any atom is 0.252 e. The molecule has 0 aliphatic carbocycles. The Morgan fingerprint density at radius 2 is 1.91 bits per heavy atom. The molecule has 35 heavy (non-hydrogen) atoms. The summed E-state index contributed by atoms with van der Waals surface area (Å²) in [6, 6.07) is 16.3. The zero-order valence-corrected chi connectivity index (χ0v) is 18.9. The van der Waals surface area contributed by atoms with Crippen molar-refractivity contribution in [3.05, 3.63) is 95.8 Å². The SMILES string of the molecule is CO[C@H](CO)[C@@H](Cc1ccccn1)NC(=O)c1cccc(F)c1-c1cc(-c2ccc(F)cc2)n[nH]1. The molecule has 9 heteroatoms. The van der Waals surface area contributed by atoms with E-state index in [0.717, 1.165) is 0 Å². The number of amides is 1. The van der Waals surface area contributed by atoms with E-state index in [4.69, 9.17) is 4.74 Å². The van der Waals surface area contributed by atoms with Gasteiger partial charge in [-0.05, 0) is 54.6 Å². The lowest BCUT2D eigenvalue weighted by Gasteiger charge is -2.26. The van der Waals surface area contributed by atoms with Crippen LogP contribution in [0.15, 0.2) is 72.9 Å². The summed E-state index contributed by atoms with van der Waals surface area (Å²) in [6.07, 6.45) is 1.24. The largest absolute Gasteiger partial charge is 0.394 e. The number of carbonyl (C=O) groups is 1. The predicted molar refractivity (Wildman–Crippen MR) is 126 cm³/mol. The number of aromatic amines is 1. The first-order valence-electron chi connectivity index (χ1n) is 10.9. The Hall–Kier alpha value is -3.95. The van der Waals surface area contributed by atoms with E-state index >= 15 is 0 Å². The average molecular weight is 478 g/mol. The molecular formula is C26H24F2N4O3. The van der Waals surface area contributed by atoms with Gasteiger partial charge in [-0.1, -0.05) is 12.1 Å². The first-order valence-corrected chi connectivity index (χ1v) is 10.9. The molecule has 0 aliphatic heterocycles. The van der Waals surface area contributed by atoms with Crippen molar-refractivity contribution in [2.45, 2.75) is 18.6 Å². The zero-order chi connectivity index (χ0) is 24.8. The second-order valence-corrected chi connectivity index (χ2v) is 7.90. The molecule has 0 bridgehead atoms. The van der Waals surface area contributed by atoms with Crippen LogP contribution in [0, 0.1) is 11.6 Å². The fraction of sp³-hybridized carbons (Fsp3) is 0.192. The summed E-state index contributed by atoms with van der Waals surface area (Å²) in [5, 5.41) is 19.6. The molecular weight excluding hydrogens is 454 g/mol. The van der Waals surface area contributed by atoms with E-state index in [2.05, 4.69) is 20.5 Å². The molecule has 0 aliphatic rings. The van der Waals surface area contributed by atoms with Crippen LogP contribution in [0.2, 0.25) is 0 Å². The van der Waals surface area contributed by atoms with Crippen LogP contribution in [0.5, 0.6) is 0 Å². The minimum Gasteiger partial charge on any atom is -0.394 e. The number of nitrogens with one attached hydrogen (secondary N) is 2. The first kappa shape index (κ1) is 24.2. The van der Waals surface area contributed by atoms with Crippen molar-refractivity contribution >= 4 is 5.91 Å². The van der Waals surface area contributed by atoms with Crippen LogP contribution < -0.4 is 5.32 Å². The fourth-order valence-corrected chi connectivity index (χ4v) is 3.84. The van der Waals surface area contributed by atoms with E-state index < -0.39 is 23.9 Å². The van der Waals surface area contributed by atoms with E-state index in [1.807, 2.05) is 6.07 Å². The number of aliphatic hydroxyl groups excluding tert-OH is 1. The van der Waals surface area contributed by atoms with Crippen LogP contribution >= 0.6 is 0 Å². The highest BCUT2D eigenvalue weighted by Crippen LogP contribution is 2.29. The summed E-state index contributed by atoms with van der Waals surface area (Å²) in [5.41, 5.74) is 2.23. The van der Waals surface area contributed by atoms with Crippen molar-refractivity contribution in [2.75, 3.05) is 13.7 Å². The van der Waals surface area contributed by atoms with Gasteiger partial charge in [0.15, 0.2) is 0 Å². The summed E-state index contributed by atoms with van der Waals surface area (Å²) in [7, 11) is 1.44. The highest BCUT2D eigenvalue weighted by Gasteiger charge is 2.26. The highest BCUT2D eigenvalue weighted by molar-refractivity contribution is 6.01. The number of aromatic nitrogens is 3. The number of aliphatic hydroxyl groups is 1. The van der Waals surface area contributed by atoms with E-state index in [9.17, 15) is 18.7 Å². The standard InChI is InChI=1S/C26H24F2N4O3/c1-35-24(15-33)22(13-18-5-2-3-12-29-18)30-26(34)19-6-4-7-20(28)25(19)23-14-21(31-32-23)16-8-10-17(27)11-9-16/h2-12,14,22,24,33H,13,15H2,1H3,(H,30,34)(H,31,32)/t22-,24-/m1/s1. The summed E-state index contributed by atoms with van der Waals surface area (Å²) in [4.78, 5) is 17.6. The first-order chi connectivity index (χ1) is 17.0. The molecule has 0 unspecified atom stereocenters. The third-order valence-electron chi connectivity index (χ3n) is 5.65. The predicted octanol–water partition coefficient (Wildman–Crippen LogP) is 3.77. The molecule has 0 fully saturated rings. The normalized spacial score (nSPS) is 12.8. The van der Waals surface area contributed by atoms with E-state index in [-0.39, 0.29) is 23.6 Å². The molecule has 2 aromatic carbocycles. The molecule has 7 nitrogen and oxygen atoms in total. The number of hydrogen-bond acceptors (Lipinski definition) is 5. The number of carbonyl (C=O) groups excluding carboxylic acids is 1. The fourth-order valence-electron chi connectivity index (χ4n) is 3.84. The van der Waals surface area contributed by atoms with Gasteiger partial charge in [-0.2, -0.15) is 5.10 Å². The van der Waals surface area contributed by atoms with Crippen molar-refractivity contribution in [1.29, 1.82) is 0 Å². The number of nitrogens with zero attached hydrogens (tertiary/aromatic N) is 2. The van der Waals surface area contributed by atoms with Crippen LogP contribution in [0.1, 0.15) is 16.1 Å². The minimum absolute atomic E-state index is 0.0420. The number of ether oxygens (including phenoxy) is 1. The third-order valence-corrected chi connectivity index (χ3v) is 5.65. The lowest BCUT2D eigenvalue weighted by Crippen LogP contribution is -2.47. The Labute approximate surface area is 200 Å². The molecule has 0 spiro atoms. The van der Waals surface area contributed by atoms with E-state index in [1.54, 1.807) is 36.5 Å². The van der Waals surface area contributed by atoms with Gasteiger partial charge in [0.1, 0.15) is 17.7 Å². The molecule has 0 saturated carbocycles.